The molecule has 0 saturated carbocycles. The SMILES string of the molecule is C[C@@H]1OC(C)(C)O[C@H]1C[C@]1(C#N)C[C@@H](CCl)OC(C)(C)O1. The van der Waals surface area contributed by atoms with Crippen molar-refractivity contribution in [2.45, 2.75) is 82.9 Å². The molecule has 5 nitrogen and oxygen atoms in total. The normalized spacial score (nSPS) is 41.7. The van der Waals surface area contributed by atoms with Crippen molar-refractivity contribution in [3.8, 4) is 6.07 Å². The Kier molecular flexibility index (Phi) is 4.59. The molecule has 0 spiro atoms. The first-order valence-electron chi connectivity index (χ1n) is 7.31. The number of nitriles is 1. The average molecular weight is 318 g/mol. The van der Waals surface area contributed by atoms with E-state index >= 15 is 0 Å². The zero-order valence-electron chi connectivity index (χ0n) is 13.3. The molecule has 0 radical (unpaired) electrons. The smallest absolute Gasteiger partial charge is 0.165 e. The van der Waals surface area contributed by atoms with Gasteiger partial charge in [-0.1, -0.05) is 0 Å². The van der Waals surface area contributed by atoms with Gasteiger partial charge in [-0.2, -0.15) is 5.26 Å². The average Bonchev–Trinajstić information content (AvgIpc) is 2.60. The van der Waals surface area contributed by atoms with Gasteiger partial charge in [0.05, 0.1) is 24.4 Å². The highest BCUT2D eigenvalue weighted by molar-refractivity contribution is 6.18. The van der Waals surface area contributed by atoms with Crippen LogP contribution in [0.1, 0.15) is 47.5 Å². The van der Waals surface area contributed by atoms with E-state index < -0.39 is 17.2 Å². The lowest BCUT2D eigenvalue weighted by Gasteiger charge is -2.45. The van der Waals surface area contributed by atoms with E-state index in [0.29, 0.717) is 18.7 Å². The molecule has 21 heavy (non-hydrogen) atoms. The number of alkyl halides is 1. The van der Waals surface area contributed by atoms with E-state index in [2.05, 4.69) is 6.07 Å². The van der Waals surface area contributed by atoms with Gasteiger partial charge in [0, 0.05) is 18.7 Å². The molecular formula is C15H24ClNO4. The van der Waals surface area contributed by atoms with Gasteiger partial charge in [-0.3, -0.25) is 0 Å². The Bertz CT molecular complexity index is 434. The van der Waals surface area contributed by atoms with Crippen molar-refractivity contribution in [2.24, 2.45) is 0 Å². The molecule has 2 rings (SSSR count). The zero-order chi connectivity index (χ0) is 15.9. The minimum absolute atomic E-state index is 0.0887. The quantitative estimate of drug-likeness (QED) is 0.749. The van der Waals surface area contributed by atoms with E-state index in [1.165, 1.54) is 0 Å². The fourth-order valence-corrected chi connectivity index (χ4v) is 3.39. The van der Waals surface area contributed by atoms with Crippen molar-refractivity contribution in [2.75, 3.05) is 5.88 Å². The predicted molar refractivity (Wildman–Crippen MR) is 77.8 cm³/mol. The minimum Gasteiger partial charge on any atom is -0.346 e. The molecule has 0 bridgehead atoms. The van der Waals surface area contributed by atoms with Gasteiger partial charge in [0.1, 0.15) is 0 Å². The summed E-state index contributed by atoms with van der Waals surface area (Å²) in [6.45, 7) is 9.31. The first kappa shape index (κ1) is 17.0. The van der Waals surface area contributed by atoms with E-state index in [9.17, 15) is 5.26 Å². The van der Waals surface area contributed by atoms with E-state index in [1.807, 2.05) is 20.8 Å². The monoisotopic (exact) mass is 317 g/mol. The molecule has 0 aromatic carbocycles. The molecule has 2 heterocycles. The van der Waals surface area contributed by atoms with Gasteiger partial charge in [0.25, 0.3) is 0 Å². The molecule has 120 valence electrons. The van der Waals surface area contributed by atoms with Crippen LogP contribution >= 0.6 is 11.6 Å². The third kappa shape index (κ3) is 3.88. The molecule has 0 amide bonds. The number of halogens is 1. The second-order valence-electron chi connectivity index (χ2n) is 6.79. The Balaban J connectivity index is 2.16. The third-order valence-electron chi connectivity index (χ3n) is 3.78. The summed E-state index contributed by atoms with van der Waals surface area (Å²) in [5.41, 5.74) is -0.968. The summed E-state index contributed by atoms with van der Waals surface area (Å²) in [7, 11) is 0. The Morgan fingerprint density at radius 1 is 1.14 bits per heavy atom. The molecule has 0 aromatic rings. The topological polar surface area (TPSA) is 60.7 Å². The van der Waals surface area contributed by atoms with E-state index in [4.69, 9.17) is 30.5 Å². The van der Waals surface area contributed by atoms with Crippen molar-refractivity contribution in [1.29, 1.82) is 5.26 Å². The van der Waals surface area contributed by atoms with Gasteiger partial charge < -0.3 is 18.9 Å². The molecule has 6 heteroatoms. The lowest BCUT2D eigenvalue weighted by atomic mass is 9.88. The molecule has 4 atom stereocenters. The van der Waals surface area contributed by atoms with Crippen molar-refractivity contribution in [3.63, 3.8) is 0 Å². The summed E-state index contributed by atoms with van der Waals surface area (Å²) < 4.78 is 23.3. The molecule has 0 aliphatic carbocycles. The predicted octanol–water partition coefficient (Wildman–Crippen LogP) is 2.96. The van der Waals surface area contributed by atoms with Crippen LogP contribution in [0.25, 0.3) is 0 Å². The van der Waals surface area contributed by atoms with Gasteiger partial charge in [0.2, 0.25) is 0 Å². The number of hydrogen-bond acceptors (Lipinski definition) is 5. The maximum absolute atomic E-state index is 9.69. The van der Waals surface area contributed by atoms with E-state index in [1.54, 1.807) is 13.8 Å². The van der Waals surface area contributed by atoms with Gasteiger partial charge >= 0.3 is 0 Å². The lowest BCUT2D eigenvalue weighted by Crippen LogP contribution is -2.54. The van der Waals surface area contributed by atoms with Crippen LogP contribution in [0.5, 0.6) is 0 Å². The van der Waals surface area contributed by atoms with Crippen molar-refractivity contribution in [1.82, 2.24) is 0 Å². The highest BCUT2D eigenvalue weighted by Crippen LogP contribution is 2.41. The van der Waals surface area contributed by atoms with Crippen LogP contribution in [-0.4, -0.2) is 41.4 Å². The van der Waals surface area contributed by atoms with Crippen molar-refractivity contribution >= 4 is 11.6 Å². The first-order valence-corrected chi connectivity index (χ1v) is 7.85. The maximum Gasteiger partial charge on any atom is 0.165 e. The molecule has 2 saturated heterocycles. The zero-order valence-corrected chi connectivity index (χ0v) is 14.1. The van der Waals surface area contributed by atoms with Crippen LogP contribution in [-0.2, 0) is 18.9 Å². The summed E-state index contributed by atoms with van der Waals surface area (Å²) in [4.78, 5) is 0. The van der Waals surface area contributed by atoms with Gasteiger partial charge in [-0.15, -0.1) is 11.6 Å². The summed E-state index contributed by atoms with van der Waals surface area (Å²) in [5.74, 6) is -1.14. The van der Waals surface area contributed by atoms with Gasteiger partial charge in [-0.05, 0) is 34.6 Å². The van der Waals surface area contributed by atoms with Crippen LogP contribution in [0.15, 0.2) is 0 Å². The molecule has 0 aromatic heterocycles. The van der Waals surface area contributed by atoms with Crippen LogP contribution in [0.2, 0.25) is 0 Å². The number of nitrogens with zero attached hydrogens (tertiary/aromatic N) is 1. The Morgan fingerprint density at radius 2 is 1.81 bits per heavy atom. The summed E-state index contributed by atoms with van der Waals surface area (Å²) in [6.07, 6.45) is 0.386. The highest BCUT2D eigenvalue weighted by atomic mass is 35.5. The van der Waals surface area contributed by atoms with Gasteiger partial charge in [-0.25, -0.2) is 0 Å². The summed E-state index contributed by atoms with van der Waals surface area (Å²) >= 11 is 5.94. The maximum atomic E-state index is 9.69. The number of hydrogen-bond donors (Lipinski definition) is 0. The van der Waals surface area contributed by atoms with Crippen LogP contribution in [0.3, 0.4) is 0 Å². The third-order valence-corrected chi connectivity index (χ3v) is 4.13. The molecule has 2 fully saturated rings. The largest absolute Gasteiger partial charge is 0.346 e. The Labute approximate surface area is 131 Å². The van der Waals surface area contributed by atoms with Crippen LogP contribution < -0.4 is 0 Å². The lowest BCUT2D eigenvalue weighted by molar-refractivity contribution is -0.320. The fraction of sp³-hybridized carbons (Fsp3) is 0.933. The molecular weight excluding hydrogens is 294 g/mol. The fourth-order valence-electron chi connectivity index (χ4n) is 3.22. The second-order valence-corrected chi connectivity index (χ2v) is 7.10. The standard InChI is InChI=1S/C15H24ClNO4/c1-10-12(20-13(2,3)18-10)7-15(9-17)6-11(8-16)19-14(4,5)21-15/h10-12H,6-8H2,1-5H3/t10-,11-,12-,15-/m0/s1. The Morgan fingerprint density at radius 3 is 2.29 bits per heavy atom. The van der Waals surface area contributed by atoms with Crippen molar-refractivity contribution in [3.05, 3.63) is 0 Å². The summed E-state index contributed by atoms with van der Waals surface area (Å²) in [5, 5.41) is 9.69. The molecule has 0 unspecified atom stereocenters. The number of ether oxygens (including phenoxy) is 4. The Hall–Kier alpha value is -0.380. The van der Waals surface area contributed by atoms with Crippen LogP contribution in [0, 0.1) is 11.3 Å². The van der Waals surface area contributed by atoms with Crippen molar-refractivity contribution < 1.29 is 18.9 Å². The van der Waals surface area contributed by atoms with E-state index in [-0.39, 0.29) is 18.3 Å². The highest BCUT2D eigenvalue weighted by Gasteiger charge is 2.50. The first-order chi connectivity index (χ1) is 9.60. The van der Waals surface area contributed by atoms with Gasteiger partial charge in [0.15, 0.2) is 17.2 Å². The number of rotatable bonds is 3. The molecule has 0 N–H and O–H groups in total. The van der Waals surface area contributed by atoms with Crippen LogP contribution in [0.4, 0.5) is 0 Å². The van der Waals surface area contributed by atoms with E-state index in [0.717, 1.165) is 0 Å². The summed E-state index contributed by atoms with van der Waals surface area (Å²) in [6, 6.07) is 2.32. The molecule has 2 aliphatic rings. The minimum atomic E-state index is -0.968. The second kappa shape index (κ2) is 5.68. The molecule has 2 aliphatic heterocycles.